The first-order valence-electron chi connectivity index (χ1n) is 10.9. The topological polar surface area (TPSA) is 105 Å². The molecule has 3 rings (SSSR count). The largest absolute Gasteiger partial charge is 0.325 e. The molecule has 2 atom stereocenters. The highest BCUT2D eigenvalue weighted by Gasteiger charge is 2.42. The molecule has 0 radical (unpaired) electrons. The number of nitrogens with one attached hydrogen (secondary N) is 1. The quantitative estimate of drug-likeness (QED) is 0.376. The number of thioether (sulfide) groups is 1. The van der Waals surface area contributed by atoms with E-state index in [4.69, 9.17) is 16.6 Å². The Morgan fingerprint density at radius 2 is 1.94 bits per heavy atom. The lowest BCUT2D eigenvalue weighted by molar-refractivity contribution is -0.384. The number of hydrogen-bond donors (Lipinski definition) is 1. The molecule has 8 nitrogen and oxygen atoms in total. The Morgan fingerprint density at radius 3 is 2.56 bits per heavy atom. The molecular formula is C24H27ClN4O4S. The summed E-state index contributed by atoms with van der Waals surface area (Å²) in [6, 6.07) is 9.63. The summed E-state index contributed by atoms with van der Waals surface area (Å²) in [6.07, 6.45) is -0.115. The van der Waals surface area contributed by atoms with Crippen LogP contribution in [0.3, 0.4) is 0 Å². The molecule has 0 spiro atoms. The minimum Gasteiger partial charge on any atom is -0.325 e. The molecule has 1 fully saturated rings. The van der Waals surface area contributed by atoms with E-state index in [0.29, 0.717) is 5.17 Å². The van der Waals surface area contributed by atoms with Crippen molar-refractivity contribution in [3.8, 4) is 0 Å². The molecule has 180 valence electrons. The van der Waals surface area contributed by atoms with E-state index in [2.05, 4.69) is 5.32 Å². The molecule has 1 saturated heterocycles. The lowest BCUT2D eigenvalue weighted by Gasteiger charge is -2.27. The van der Waals surface area contributed by atoms with Crippen LogP contribution in [-0.4, -0.2) is 38.1 Å². The molecule has 0 aromatic heterocycles. The van der Waals surface area contributed by atoms with Crippen LogP contribution in [-0.2, 0) is 9.59 Å². The Bertz CT molecular complexity index is 1170. The van der Waals surface area contributed by atoms with Crippen LogP contribution >= 0.6 is 23.4 Å². The number of benzene rings is 2. The number of carbonyl (C=O) groups is 2. The molecular weight excluding hydrogens is 476 g/mol. The minimum absolute atomic E-state index is 0.108. The number of halogens is 1. The smallest absolute Gasteiger partial charge is 0.271 e. The highest BCUT2D eigenvalue weighted by Crippen LogP contribution is 2.36. The van der Waals surface area contributed by atoms with Gasteiger partial charge in [0.1, 0.15) is 5.25 Å². The van der Waals surface area contributed by atoms with E-state index < -0.39 is 16.1 Å². The van der Waals surface area contributed by atoms with Gasteiger partial charge in [-0.3, -0.25) is 24.6 Å². The van der Waals surface area contributed by atoms with Crippen LogP contribution in [0.15, 0.2) is 41.4 Å². The van der Waals surface area contributed by atoms with Crippen LogP contribution < -0.4 is 5.32 Å². The molecule has 1 aliphatic rings. The van der Waals surface area contributed by atoms with E-state index in [1.807, 2.05) is 52.8 Å². The summed E-state index contributed by atoms with van der Waals surface area (Å²) in [7, 11) is 0. The van der Waals surface area contributed by atoms with Crippen molar-refractivity contribution in [1.29, 1.82) is 0 Å². The van der Waals surface area contributed by atoms with Crippen LogP contribution in [0.5, 0.6) is 0 Å². The molecule has 1 aliphatic heterocycles. The third-order valence-corrected chi connectivity index (χ3v) is 7.19. The molecule has 1 heterocycles. The summed E-state index contributed by atoms with van der Waals surface area (Å²) in [5.41, 5.74) is 2.84. The molecule has 0 saturated carbocycles. The molecule has 2 amide bonds. The van der Waals surface area contributed by atoms with Gasteiger partial charge in [0.25, 0.3) is 5.69 Å². The number of non-ortho nitro benzene ring substituents is 1. The van der Waals surface area contributed by atoms with Crippen LogP contribution in [0.2, 0.25) is 5.02 Å². The molecule has 2 aromatic carbocycles. The average molecular weight is 503 g/mol. The zero-order valence-corrected chi connectivity index (χ0v) is 21.2. The van der Waals surface area contributed by atoms with Gasteiger partial charge >= 0.3 is 0 Å². The van der Waals surface area contributed by atoms with Crippen molar-refractivity contribution in [3.63, 3.8) is 0 Å². The molecule has 2 aromatic rings. The van der Waals surface area contributed by atoms with E-state index in [-0.39, 0.29) is 40.7 Å². The van der Waals surface area contributed by atoms with Gasteiger partial charge in [-0.2, -0.15) is 0 Å². The number of nitro benzene ring substituents is 1. The highest BCUT2D eigenvalue weighted by molar-refractivity contribution is 8.15. The molecule has 0 aliphatic carbocycles. The van der Waals surface area contributed by atoms with Crippen molar-refractivity contribution in [2.45, 2.75) is 52.3 Å². The van der Waals surface area contributed by atoms with Crippen molar-refractivity contribution in [2.75, 3.05) is 5.32 Å². The first kappa shape index (κ1) is 25.7. The minimum atomic E-state index is -0.664. The predicted molar refractivity (Wildman–Crippen MR) is 137 cm³/mol. The van der Waals surface area contributed by atoms with Gasteiger partial charge in [0.2, 0.25) is 11.8 Å². The summed E-state index contributed by atoms with van der Waals surface area (Å²) < 4.78 is 0. The zero-order valence-electron chi connectivity index (χ0n) is 19.7. The maximum absolute atomic E-state index is 13.3. The van der Waals surface area contributed by atoms with E-state index in [0.717, 1.165) is 16.8 Å². The van der Waals surface area contributed by atoms with Gasteiger partial charge in [0.15, 0.2) is 5.17 Å². The van der Waals surface area contributed by atoms with Gasteiger partial charge in [-0.05, 0) is 44.4 Å². The number of nitro groups is 1. The first-order valence-corrected chi connectivity index (χ1v) is 12.1. The monoisotopic (exact) mass is 502 g/mol. The first-order chi connectivity index (χ1) is 16.0. The lowest BCUT2D eigenvalue weighted by atomic mass is 10.0. The second-order valence-corrected chi connectivity index (χ2v) is 10.2. The SMILES string of the molecule is Cc1ccc(N=C2S[C@@H](CC(=O)Nc3cc([N+](=O)[O-])ccc3Cl)C(=O)N2[C@H](C)C(C)C)c(C)c1. The number of rotatable bonds is 7. The third-order valence-electron chi connectivity index (χ3n) is 5.71. The third kappa shape index (κ3) is 5.77. The number of amidine groups is 1. The summed E-state index contributed by atoms with van der Waals surface area (Å²) in [5, 5.41) is 13.7. The highest BCUT2D eigenvalue weighted by atomic mass is 35.5. The number of carbonyl (C=O) groups excluding carboxylic acids is 2. The fourth-order valence-corrected chi connectivity index (χ4v) is 4.88. The van der Waals surface area contributed by atoms with Crippen molar-refractivity contribution in [2.24, 2.45) is 10.9 Å². The summed E-state index contributed by atoms with van der Waals surface area (Å²) in [4.78, 5) is 43.0. The molecule has 1 N–H and O–H groups in total. The van der Waals surface area contributed by atoms with Crippen LogP contribution in [0.25, 0.3) is 0 Å². The molecule has 0 unspecified atom stereocenters. The van der Waals surface area contributed by atoms with E-state index in [1.165, 1.54) is 30.0 Å². The fraction of sp³-hybridized carbons (Fsp3) is 0.375. The van der Waals surface area contributed by atoms with Gasteiger partial charge in [0.05, 0.1) is 21.3 Å². The number of amides is 2. The summed E-state index contributed by atoms with van der Waals surface area (Å²) >= 11 is 7.35. The molecule has 0 bridgehead atoms. The van der Waals surface area contributed by atoms with Gasteiger partial charge in [-0.15, -0.1) is 0 Å². The predicted octanol–water partition coefficient (Wildman–Crippen LogP) is 5.87. The Labute approximate surface area is 207 Å². The van der Waals surface area contributed by atoms with Crippen molar-refractivity contribution in [1.82, 2.24) is 4.90 Å². The number of aryl methyl sites for hydroxylation is 2. The van der Waals surface area contributed by atoms with Gasteiger partial charge in [-0.1, -0.05) is 54.9 Å². The zero-order chi connectivity index (χ0) is 25.2. The van der Waals surface area contributed by atoms with Gasteiger partial charge < -0.3 is 5.32 Å². The Balaban J connectivity index is 1.84. The standard InChI is InChI=1S/C24H27ClN4O4S/c1-13(2)16(5)28-23(31)21(34-24(28)27-19-9-6-14(3)10-15(19)4)12-22(30)26-20-11-17(29(32)33)7-8-18(20)25/h6-11,13,16,21H,12H2,1-5H3,(H,26,30)/t16-,21+/m1/s1. The summed E-state index contributed by atoms with van der Waals surface area (Å²) in [6.45, 7) is 10.0. The molecule has 34 heavy (non-hydrogen) atoms. The van der Waals surface area contributed by atoms with E-state index in [9.17, 15) is 19.7 Å². The number of hydrogen-bond acceptors (Lipinski definition) is 6. The molecule has 10 heteroatoms. The van der Waals surface area contributed by atoms with Crippen molar-refractivity contribution in [3.05, 3.63) is 62.7 Å². The Hall–Kier alpha value is -2.91. The number of aliphatic imine (C=N–C) groups is 1. The maximum Gasteiger partial charge on any atom is 0.271 e. The van der Waals surface area contributed by atoms with Crippen LogP contribution in [0.4, 0.5) is 17.1 Å². The van der Waals surface area contributed by atoms with Gasteiger partial charge in [0, 0.05) is 24.6 Å². The second kappa shape index (κ2) is 10.6. The van der Waals surface area contributed by atoms with Crippen molar-refractivity contribution >= 4 is 57.4 Å². The van der Waals surface area contributed by atoms with Gasteiger partial charge in [-0.25, -0.2) is 4.99 Å². The normalized spacial score (nSPS) is 18.0. The Morgan fingerprint density at radius 1 is 1.24 bits per heavy atom. The van der Waals surface area contributed by atoms with Crippen LogP contribution in [0, 0.1) is 29.9 Å². The van der Waals surface area contributed by atoms with Crippen molar-refractivity contribution < 1.29 is 14.5 Å². The van der Waals surface area contributed by atoms with E-state index in [1.54, 1.807) is 4.90 Å². The number of nitrogens with zero attached hydrogens (tertiary/aromatic N) is 3. The van der Waals surface area contributed by atoms with E-state index >= 15 is 0 Å². The van der Waals surface area contributed by atoms with Crippen LogP contribution in [0.1, 0.15) is 38.3 Å². The summed E-state index contributed by atoms with van der Waals surface area (Å²) in [5.74, 6) is -0.460. The lowest BCUT2D eigenvalue weighted by Crippen LogP contribution is -2.42. The second-order valence-electron chi connectivity index (χ2n) is 8.66. The number of anilines is 1. The fourth-order valence-electron chi connectivity index (χ4n) is 3.49. The maximum atomic E-state index is 13.3. The average Bonchev–Trinajstić information content (AvgIpc) is 3.05. The Kier molecular flexibility index (Phi) is 7.99.